The van der Waals surface area contributed by atoms with Crippen molar-refractivity contribution >= 4 is 33.3 Å². The van der Waals surface area contributed by atoms with Crippen molar-refractivity contribution in [2.75, 3.05) is 6.54 Å². The summed E-state index contributed by atoms with van der Waals surface area (Å²) in [4.78, 5) is 44.2. The van der Waals surface area contributed by atoms with Gasteiger partial charge in [-0.25, -0.2) is 9.78 Å². The lowest BCUT2D eigenvalue weighted by atomic mass is 10.1. The third kappa shape index (κ3) is 4.36. The van der Waals surface area contributed by atoms with Gasteiger partial charge in [-0.05, 0) is 39.2 Å². The Balaban J connectivity index is 1.58. The third-order valence-corrected chi connectivity index (χ3v) is 6.41. The smallest absolute Gasteiger partial charge is 0.410 e. The molecule has 0 fully saturated rings. The van der Waals surface area contributed by atoms with Crippen LogP contribution in [0.2, 0.25) is 0 Å². The Labute approximate surface area is 188 Å². The number of ether oxygens (including phenoxy) is 1. The number of thiophene rings is 1. The van der Waals surface area contributed by atoms with Crippen molar-refractivity contribution in [2.45, 2.75) is 52.3 Å². The largest absolute Gasteiger partial charge is 0.444 e. The van der Waals surface area contributed by atoms with E-state index >= 15 is 0 Å². The Morgan fingerprint density at radius 2 is 2.06 bits per heavy atom. The number of para-hydroxylation sites is 1. The number of amides is 1. The highest BCUT2D eigenvalue weighted by Crippen LogP contribution is 2.32. The van der Waals surface area contributed by atoms with Gasteiger partial charge in [0.25, 0.3) is 11.2 Å². The van der Waals surface area contributed by atoms with Crippen molar-refractivity contribution in [1.29, 1.82) is 0 Å². The Bertz CT molecular complexity index is 1260. The molecular formula is C22H24N4O5S. The summed E-state index contributed by atoms with van der Waals surface area (Å²) in [7, 11) is 0. The average molecular weight is 457 g/mol. The Kier molecular flexibility index (Phi) is 5.72. The van der Waals surface area contributed by atoms with E-state index < -0.39 is 10.5 Å². The van der Waals surface area contributed by atoms with E-state index in [0.29, 0.717) is 48.3 Å². The molecule has 0 saturated heterocycles. The Morgan fingerprint density at radius 3 is 2.78 bits per heavy atom. The molecule has 0 saturated carbocycles. The normalized spacial score (nSPS) is 13.8. The number of nitrogens with zero attached hydrogens (tertiary/aromatic N) is 4. The molecule has 2 aromatic heterocycles. The topological polar surface area (TPSA) is 108 Å². The Morgan fingerprint density at radius 1 is 1.31 bits per heavy atom. The summed E-state index contributed by atoms with van der Waals surface area (Å²) in [6, 6.07) is 6.54. The van der Waals surface area contributed by atoms with E-state index in [4.69, 9.17) is 4.74 Å². The standard InChI is InChI=1S/C22H24N4O5S/c1-22(2,3)31-21(28)24-11-9-15-17(12-24)32-19-18(15)20(27)25(13-23-19)10-8-14-6-4-5-7-16(14)26(29)30/h4-7,13H,8-12H2,1-3H3. The fourth-order valence-corrected chi connectivity index (χ4v) is 5.00. The van der Waals surface area contributed by atoms with E-state index in [1.807, 2.05) is 20.8 Å². The summed E-state index contributed by atoms with van der Waals surface area (Å²) in [5.74, 6) is 0. The molecule has 1 aromatic carbocycles. The maximum atomic E-state index is 13.2. The van der Waals surface area contributed by atoms with Gasteiger partial charge < -0.3 is 9.64 Å². The molecule has 168 valence electrons. The number of aromatic nitrogens is 2. The first-order valence-corrected chi connectivity index (χ1v) is 11.2. The predicted octanol–water partition coefficient (Wildman–Crippen LogP) is 3.90. The van der Waals surface area contributed by atoms with Gasteiger partial charge in [0, 0.05) is 29.6 Å². The highest BCUT2D eigenvalue weighted by atomic mass is 32.1. The van der Waals surface area contributed by atoms with Gasteiger partial charge in [-0.3, -0.25) is 19.5 Å². The lowest BCUT2D eigenvalue weighted by molar-refractivity contribution is -0.385. The maximum Gasteiger partial charge on any atom is 0.410 e. The number of hydrogen-bond acceptors (Lipinski definition) is 7. The molecule has 0 radical (unpaired) electrons. The molecule has 0 spiro atoms. The number of nitro groups is 1. The molecule has 1 amide bonds. The summed E-state index contributed by atoms with van der Waals surface area (Å²) < 4.78 is 6.98. The van der Waals surface area contributed by atoms with Gasteiger partial charge >= 0.3 is 6.09 Å². The van der Waals surface area contributed by atoms with E-state index in [2.05, 4.69) is 4.98 Å². The van der Waals surface area contributed by atoms with Crippen LogP contribution in [0.15, 0.2) is 35.4 Å². The predicted molar refractivity (Wildman–Crippen MR) is 121 cm³/mol. The summed E-state index contributed by atoms with van der Waals surface area (Å²) >= 11 is 1.42. The van der Waals surface area contributed by atoms with Crippen LogP contribution in [0.3, 0.4) is 0 Å². The van der Waals surface area contributed by atoms with Crippen molar-refractivity contribution in [1.82, 2.24) is 14.5 Å². The number of benzene rings is 1. The first kappa shape index (κ1) is 21.9. The second-order valence-corrected chi connectivity index (χ2v) is 9.80. The molecule has 4 rings (SSSR count). The molecule has 3 heterocycles. The summed E-state index contributed by atoms with van der Waals surface area (Å²) in [6.07, 6.45) is 2.03. The fourth-order valence-electron chi connectivity index (χ4n) is 3.80. The van der Waals surface area contributed by atoms with Crippen molar-refractivity contribution in [3.8, 4) is 0 Å². The number of aryl methyl sites for hydroxylation is 2. The molecule has 32 heavy (non-hydrogen) atoms. The maximum absolute atomic E-state index is 13.2. The minimum Gasteiger partial charge on any atom is -0.444 e. The molecule has 10 heteroatoms. The van der Waals surface area contributed by atoms with E-state index in [-0.39, 0.29) is 17.3 Å². The minimum atomic E-state index is -0.569. The van der Waals surface area contributed by atoms with Crippen LogP contribution in [0, 0.1) is 10.1 Å². The molecule has 0 aliphatic carbocycles. The van der Waals surface area contributed by atoms with Gasteiger partial charge in [0.2, 0.25) is 0 Å². The quantitative estimate of drug-likeness (QED) is 0.435. The molecule has 0 unspecified atom stereocenters. The van der Waals surface area contributed by atoms with E-state index in [9.17, 15) is 19.7 Å². The van der Waals surface area contributed by atoms with Crippen LogP contribution in [-0.2, 0) is 30.7 Å². The van der Waals surface area contributed by atoms with Crippen molar-refractivity contribution in [2.24, 2.45) is 0 Å². The SMILES string of the molecule is CC(C)(C)OC(=O)N1CCc2c(sc3ncn(CCc4ccccc4[N+](=O)[O-])c(=O)c23)C1. The molecular weight excluding hydrogens is 432 g/mol. The molecule has 3 aromatic rings. The van der Waals surface area contributed by atoms with Crippen LogP contribution < -0.4 is 5.56 Å². The summed E-state index contributed by atoms with van der Waals surface area (Å²) in [5.41, 5.74) is 0.828. The highest BCUT2D eigenvalue weighted by Gasteiger charge is 2.29. The van der Waals surface area contributed by atoms with Crippen LogP contribution >= 0.6 is 11.3 Å². The summed E-state index contributed by atoms with van der Waals surface area (Å²) in [6.45, 7) is 6.64. The van der Waals surface area contributed by atoms with Gasteiger partial charge in [-0.2, -0.15) is 0 Å². The van der Waals surface area contributed by atoms with Gasteiger partial charge in [0.15, 0.2) is 0 Å². The van der Waals surface area contributed by atoms with Crippen LogP contribution in [-0.4, -0.2) is 37.6 Å². The van der Waals surface area contributed by atoms with E-state index in [0.717, 1.165) is 10.4 Å². The van der Waals surface area contributed by atoms with Gasteiger partial charge in [-0.1, -0.05) is 18.2 Å². The van der Waals surface area contributed by atoms with Gasteiger partial charge in [0.05, 0.1) is 23.2 Å². The van der Waals surface area contributed by atoms with Crippen LogP contribution in [0.4, 0.5) is 10.5 Å². The first-order chi connectivity index (χ1) is 15.1. The number of nitro benzene ring substituents is 1. The highest BCUT2D eigenvalue weighted by molar-refractivity contribution is 7.18. The molecule has 9 nitrogen and oxygen atoms in total. The van der Waals surface area contributed by atoms with Crippen molar-refractivity contribution < 1.29 is 14.5 Å². The number of carbonyl (C=O) groups excluding carboxylic acids is 1. The van der Waals surface area contributed by atoms with Crippen LogP contribution in [0.1, 0.15) is 36.8 Å². The van der Waals surface area contributed by atoms with E-state index in [1.54, 1.807) is 23.1 Å². The average Bonchev–Trinajstić information content (AvgIpc) is 3.10. The van der Waals surface area contributed by atoms with Gasteiger partial charge in [-0.15, -0.1) is 11.3 Å². The van der Waals surface area contributed by atoms with Crippen LogP contribution in [0.25, 0.3) is 10.2 Å². The number of rotatable bonds is 4. The first-order valence-electron chi connectivity index (χ1n) is 10.3. The lowest BCUT2D eigenvalue weighted by Gasteiger charge is -2.29. The molecule has 0 N–H and O–H groups in total. The minimum absolute atomic E-state index is 0.0460. The zero-order chi connectivity index (χ0) is 23.0. The van der Waals surface area contributed by atoms with Crippen molar-refractivity contribution in [3.63, 3.8) is 0 Å². The second-order valence-electron chi connectivity index (χ2n) is 8.71. The molecule has 0 bridgehead atoms. The Hall–Kier alpha value is -3.27. The molecule has 1 aliphatic rings. The second kappa shape index (κ2) is 8.34. The molecule has 0 atom stereocenters. The number of fused-ring (bicyclic) bond motifs is 3. The third-order valence-electron chi connectivity index (χ3n) is 5.29. The van der Waals surface area contributed by atoms with Crippen LogP contribution in [0.5, 0.6) is 0 Å². The van der Waals surface area contributed by atoms with Crippen molar-refractivity contribution in [3.05, 3.63) is 67.1 Å². The number of carbonyl (C=O) groups is 1. The fraction of sp³-hybridized carbons (Fsp3) is 0.409. The zero-order valence-corrected chi connectivity index (χ0v) is 19.0. The van der Waals surface area contributed by atoms with Gasteiger partial charge in [0.1, 0.15) is 10.4 Å². The van der Waals surface area contributed by atoms with E-state index in [1.165, 1.54) is 28.3 Å². The summed E-state index contributed by atoms with van der Waals surface area (Å²) in [5, 5.41) is 11.8. The lowest BCUT2D eigenvalue weighted by Crippen LogP contribution is -2.39. The molecule has 1 aliphatic heterocycles. The number of hydrogen-bond donors (Lipinski definition) is 0. The monoisotopic (exact) mass is 456 g/mol. The zero-order valence-electron chi connectivity index (χ0n) is 18.2.